The first-order valence-corrected chi connectivity index (χ1v) is 8.36. The van der Waals surface area contributed by atoms with Crippen LogP contribution >= 0.6 is 0 Å². The molecule has 130 valence electrons. The van der Waals surface area contributed by atoms with Crippen molar-refractivity contribution in [3.05, 3.63) is 101 Å². The number of nitrogens with one attached hydrogen (secondary N) is 1. The molecule has 2 N–H and O–H groups in total. The Balaban J connectivity index is 1.88. The van der Waals surface area contributed by atoms with Crippen molar-refractivity contribution in [2.45, 2.75) is 13.0 Å². The van der Waals surface area contributed by atoms with Gasteiger partial charge in [0.05, 0.1) is 6.42 Å². The summed E-state index contributed by atoms with van der Waals surface area (Å²) in [6.07, 6.45) is -0.179. The highest BCUT2D eigenvalue weighted by Crippen LogP contribution is 2.22. The SMILES string of the molecule is O=C(O)Cc1ccccc1C(=O)c1ccccc1NCc1ccccc1. The number of carboxylic acid groups (broad SMARTS) is 1. The number of hydrogen-bond donors (Lipinski definition) is 2. The molecule has 0 radical (unpaired) electrons. The van der Waals surface area contributed by atoms with Gasteiger partial charge in [-0.05, 0) is 23.3 Å². The lowest BCUT2D eigenvalue weighted by molar-refractivity contribution is -0.136. The van der Waals surface area contributed by atoms with E-state index in [2.05, 4.69) is 5.32 Å². The zero-order valence-corrected chi connectivity index (χ0v) is 14.2. The number of hydrogen-bond acceptors (Lipinski definition) is 3. The zero-order chi connectivity index (χ0) is 18.4. The fourth-order valence-electron chi connectivity index (χ4n) is 2.83. The van der Waals surface area contributed by atoms with Crippen LogP contribution < -0.4 is 5.32 Å². The predicted octanol–water partition coefficient (Wildman–Crippen LogP) is 4.16. The molecular formula is C22H19NO3. The average Bonchev–Trinajstić information content (AvgIpc) is 2.67. The largest absolute Gasteiger partial charge is 0.481 e. The molecule has 3 rings (SSSR count). The van der Waals surface area contributed by atoms with E-state index >= 15 is 0 Å². The molecule has 26 heavy (non-hydrogen) atoms. The minimum atomic E-state index is -0.958. The number of aliphatic carboxylic acids is 1. The molecule has 0 aromatic heterocycles. The monoisotopic (exact) mass is 345 g/mol. The van der Waals surface area contributed by atoms with E-state index in [4.69, 9.17) is 5.11 Å². The first-order valence-electron chi connectivity index (χ1n) is 8.36. The molecule has 0 heterocycles. The van der Waals surface area contributed by atoms with Gasteiger partial charge in [-0.1, -0.05) is 66.7 Å². The molecule has 0 saturated heterocycles. The van der Waals surface area contributed by atoms with Crippen LogP contribution in [-0.4, -0.2) is 16.9 Å². The molecule has 3 aromatic carbocycles. The second kappa shape index (κ2) is 8.12. The second-order valence-corrected chi connectivity index (χ2v) is 5.94. The quantitative estimate of drug-likeness (QED) is 0.631. The van der Waals surface area contributed by atoms with Gasteiger partial charge in [0.25, 0.3) is 0 Å². The molecule has 0 aliphatic heterocycles. The number of rotatable bonds is 7. The molecule has 0 aliphatic carbocycles. The highest BCUT2D eigenvalue weighted by atomic mass is 16.4. The molecule has 0 amide bonds. The van der Waals surface area contributed by atoms with E-state index in [1.807, 2.05) is 42.5 Å². The Morgan fingerprint density at radius 3 is 2.12 bits per heavy atom. The van der Waals surface area contributed by atoms with Gasteiger partial charge in [-0.3, -0.25) is 9.59 Å². The van der Waals surface area contributed by atoms with Crippen LogP contribution in [0.25, 0.3) is 0 Å². The average molecular weight is 345 g/mol. The summed E-state index contributed by atoms with van der Waals surface area (Å²) in [5.74, 6) is -1.14. The van der Waals surface area contributed by atoms with E-state index in [0.717, 1.165) is 11.3 Å². The standard InChI is InChI=1S/C22H19NO3/c24-21(25)14-17-10-4-5-11-18(17)22(26)19-12-6-7-13-20(19)23-15-16-8-2-1-3-9-16/h1-13,23H,14-15H2,(H,24,25). The number of carbonyl (C=O) groups is 2. The third-order valence-electron chi connectivity index (χ3n) is 4.10. The first kappa shape index (κ1) is 17.4. The number of anilines is 1. The van der Waals surface area contributed by atoms with Crippen molar-refractivity contribution in [1.82, 2.24) is 0 Å². The molecule has 0 spiro atoms. The van der Waals surface area contributed by atoms with Crippen LogP contribution in [0.5, 0.6) is 0 Å². The highest BCUT2D eigenvalue weighted by molar-refractivity contribution is 6.13. The van der Waals surface area contributed by atoms with Crippen LogP contribution in [0.15, 0.2) is 78.9 Å². The third kappa shape index (κ3) is 4.16. The number of ketones is 1. The molecule has 3 aromatic rings. The second-order valence-electron chi connectivity index (χ2n) is 5.94. The van der Waals surface area contributed by atoms with Crippen LogP contribution in [-0.2, 0) is 17.8 Å². The Morgan fingerprint density at radius 1 is 0.769 bits per heavy atom. The molecule has 0 fully saturated rings. The summed E-state index contributed by atoms with van der Waals surface area (Å²) < 4.78 is 0. The maximum atomic E-state index is 13.0. The maximum absolute atomic E-state index is 13.0. The lowest BCUT2D eigenvalue weighted by Crippen LogP contribution is -2.12. The van der Waals surface area contributed by atoms with Crippen molar-refractivity contribution in [2.24, 2.45) is 0 Å². The van der Waals surface area contributed by atoms with Crippen molar-refractivity contribution >= 4 is 17.4 Å². The Hall–Kier alpha value is -3.40. The van der Waals surface area contributed by atoms with Crippen LogP contribution in [0.2, 0.25) is 0 Å². The van der Waals surface area contributed by atoms with E-state index in [0.29, 0.717) is 23.2 Å². The summed E-state index contributed by atoms with van der Waals surface area (Å²) in [5.41, 5.74) is 3.31. The topological polar surface area (TPSA) is 66.4 Å². The van der Waals surface area contributed by atoms with Crippen molar-refractivity contribution in [3.63, 3.8) is 0 Å². The fraction of sp³-hybridized carbons (Fsp3) is 0.0909. The molecule has 4 heteroatoms. The Bertz CT molecular complexity index is 919. The van der Waals surface area contributed by atoms with E-state index in [-0.39, 0.29) is 12.2 Å². The molecule has 4 nitrogen and oxygen atoms in total. The summed E-state index contributed by atoms with van der Waals surface area (Å²) in [4.78, 5) is 24.1. The Morgan fingerprint density at radius 2 is 1.38 bits per heavy atom. The molecule has 0 unspecified atom stereocenters. The summed E-state index contributed by atoms with van der Waals surface area (Å²) in [6, 6.07) is 24.1. The zero-order valence-electron chi connectivity index (χ0n) is 14.2. The van der Waals surface area contributed by atoms with Gasteiger partial charge in [0.15, 0.2) is 5.78 Å². The molecule has 0 aliphatic rings. The maximum Gasteiger partial charge on any atom is 0.307 e. The van der Waals surface area contributed by atoms with E-state index in [9.17, 15) is 9.59 Å². The number of carboxylic acids is 1. The lowest BCUT2D eigenvalue weighted by Gasteiger charge is -2.13. The molecule has 0 atom stereocenters. The van der Waals surface area contributed by atoms with Crippen LogP contribution in [0.3, 0.4) is 0 Å². The third-order valence-corrected chi connectivity index (χ3v) is 4.10. The fourth-order valence-corrected chi connectivity index (χ4v) is 2.83. The summed E-state index contributed by atoms with van der Waals surface area (Å²) >= 11 is 0. The summed E-state index contributed by atoms with van der Waals surface area (Å²) in [7, 11) is 0. The number of carbonyl (C=O) groups excluding carboxylic acids is 1. The van der Waals surface area contributed by atoms with Crippen molar-refractivity contribution in [2.75, 3.05) is 5.32 Å². The summed E-state index contributed by atoms with van der Waals surface area (Å²) in [6.45, 7) is 0.599. The van der Waals surface area contributed by atoms with E-state index < -0.39 is 5.97 Å². The van der Waals surface area contributed by atoms with Gasteiger partial charge < -0.3 is 10.4 Å². The molecule has 0 bridgehead atoms. The number of para-hydroxylation sites is 1. The molecular weight excluding hydrogens is 326 g/mol. The minimum absolute atomic E-state index is 0.179. The minimum Gasteiger partial charge on any atom is -0.481 e. The van der Waals surface area contributed by atoms with Crippen molar-refractivity contribution in [1.29, 1.82) is 0 Å². The van der Waals surface area contributed by atoms with Gasteiger partial charge >= 0.3 is 5.97 Å². The Kier molecular flexibility index (Phi) is 5.44. The van der Waals surface area contributed by atoms with E-state index in [1.165, 1.54) is 0 Å². The normalized spacial score (nSPS) is 10.3. The van der Waals surface area contributed by atoms with Crippen LogP contribution in [0.1, 0.15) is 27.0 Å². The predicted molar refractivity (Wildman–Crippen MR) is 101 cm³/mol. The van der Waals surface area contributed by atoms with E-state index in [1.54, 1.807) is 36.4 Å². The van der Waals surface area contributed by atoms with Crippen LogP contribution in [0.4, 0.5) is 5.69 Å². The lowest BCUT2D eigenvalue weighted by atomic mass is 9.95. The van der Waals surface area contributed by atoms with Gasteiger partial charge in [0.2, 0.25) is 0 Å². The van der Waals surface area contributed by atoms with Crippen LogP contribution in [0, 0.1) is 0 Å². The highest BCUT2D eigenvalue weighted by Gasteiger charge is 2.17. The van der Waals surface area contributed by atoms with Gasteiger partial charge in [0.1, 0.15) is 0 Å². The van der Waals surface area contributed by atoms with Gasteiger partial charge in [-0.25, -0.2) is 0 Å². The Labute approximate surface area is 152 Å². The van der Waals surface area contributed by atoms with Crippen molar-refractivity contribution < 1.29 is 14.7 Å². The molecule has 0 saturated carbocycles. The van der Waals surface area contributed by atoms with Crippen molar-refractivity contribution in [3.8, 4) is 0 Å². The number of benzene rings is 3. The van der Waals surface area contributed by atoms with Gasteiger partial charge in [-0.15, -0.1) is 0 Å². The summed E-state index contributed by atoms with van der Waals surface area (Å²) in [5, 5.41) is 12.4. The smallest absolute Gasteiger partial charge is 0.307 e. The van der Waals surface area contributed by atoms with Gasteiger partial charge in [-0.2, -0.15) is 0 Å². The van der Waals surface area contributed by atoms with Gasteiger partial charge in [0, 0.05) is 23.4 Å². The first-order chi connectivity index (χ1) is 12.6.